The fourth-order valence-corrected chi connectivity index (χ4v) is 3.42. The molecule has 1 unspecified atom stereocenters. The molecule has 0 fully saturated rings. The minimum absolute atomic E-state index is 0.212. The predicted octanol–water partition coefficient (Wildman–Crippen LogP) is 5.04. The summed E-state index contributed by atoms with van der Waals surface area (Å²) in [5.41, 5.74) is 1.46. The topological polar surface area (TPSA) is 25.2 Å². The molecular formula is C17H25NOS. The van der Waals surface area contributed by atoms with Crippen molar-refractivity contribution >= 4 is 11.3 Å². The summed E-state index contributed by atoms with van der Waals surface area (Å²) in [5.74, 6) is 1.00. The van der Waals surface area contributed by atoms with Gasteiger partial charge in [-0.1, -0.05) is 27.7 Å². The summed E-state index contributed by atoms with van der Waals surface area (Å²) in [7, 11) is 0. The monoisotopic (exact) mass is 291 g/mol. The van der Waals surface area contributed by atoms with Crippen LogP contribution in [0.25, 0.3) is 0 Å². The molecule has 0 aliphatic carbocycles. The average Bonchev–Trinajstić information content (AvgIpc) is 2.99. The van der Waals surface area contributed by atoms with Gasteiger partial charge in [0, 0.05) is 15.3 Å². The third-order valence-electron chi connectivity index (χ3n) is 3.46. The van der Waals surface area contributed by atoms with Crippen molar-refractivity contribution in [2.45, 2.75) is 52.5 Å². The molecule has 0 saturated carbocycles. The molecule has 2 aromatic rings. The molecule has 2 aromatic heterocycles. The van der Waals surface area contributed by atoms with Gasteiger partial charge in [-0.2, -0.15) is 0 Å². The van der Waals surface area contributed by atoms with E-state index in [0.29, 0.717) is 0 Å². The molecule has 0 bridgehead atoms. The standard InChI is InChI=1S/C17H25NOS/c1-6-10-18-16(13-9-11-19-12(13)2)14-7-8-15(20-14)17(3,4)5/h7-9,11,16,18H,6,10H2,1-5H3. The molecule has 3 heteroatoms. The molecule has 0 aliphatic heterocycles. The second kappa shape index (κ2) is 6.15. The molecule has 2 rings (SSSR count). The smallest absolute Gasteiger partial charge is 0.105 e. The van der Waals surface area contributed by atoms with Crippen LogP contribution in [0.4, 0.5) is 0 Å². The van der Waals surface area contributed by atoms with Gasteiger partial charge in [0.15, 0.2) is 0 Å². The van der Waals surface area contributed by atoms with Gasteiger partial charge in [0.1, 0.15) is 5.76 Å². The number of thiophene rings is 1. The summed E-state index contributed by atoms with van der Waals surface area (Å²) >= 11 is 1.90. The van der Waals surface area contributed by atoms with Crippen LogP contribution in [0.1, 0.15) is 61.2 Å². The normalized spacial score (nSPS) is 13.7. The first kappa shape index (κ1) is 15.3. The second-order valence-corrected chi connectivity index (χ2v) is 7.39. The maximum absolute atomic E-state index is 5.49. The van der Waals surface area contributed by atoms with Gasteiger partial charge in [0.25, 0.3) is 0 Å². The summed E-state index contributed by atoms with van der Waals surface area (Å²) in [6, 6.07) is 6.84. The van der Waals surface area contributed by atoms with E-state index >= 15 is 0 Å². The lowest BCUT2D eigenvalue weighted by Gasteiger charge is -2.18. The first-order valence-corrected chi connectivity index (χ1v) is 8.12. The third kappa shape index (κ3) is 3.33. The Morgan fingerprint density at radius 2 is 2.00 bits per heavy atom. The molecule has 2 nitrogen and oxygen atoms in total. The van der Waals surface area contributed by atoms with Crippen molar-refractivity contribution in [3.05, 3.63) is 45.5 Å². The molecule has 0 amide bonds. The van der Waals surface area contributed by atoms with Gasteiger partial charge in [0.2, 0.25) is 0 Å². The number of furan rings is 1. The Morgan fingerprint density at radius 1 is 1.25 bits per heavy atom. The van der Waals surface area contributed by atoms with E-state index in [0.717, 1.165) is 18.7 Å². The molecule has 0 spiro atoms. The zero-order valence-electron chi connectivity index (χ0n) is 13.1. The molecule has 0 aromatic carbocycles. The largest absolute Gasteiger partial charge is 0.469 e. The Labute approximate surface area is 126 Å². The highest BCUT2D eigenvalue weighted by atomic mass is 32.1. The van der Waals surface area contributed by atoms with Crippen LogP contribution in [0.15, 0.2) is 28.9 Å². The minimum atomic E-state index is 0.212. The number of rotatable bonds is 5. The van der Waals surface area contributed by atoms with Crippen molar-refractivity contribution in [2.24, 2.45) is 0 Å². The summed E-state index contributed by atoms with van der Waals surface area (Å²) in [5, 5.41) is 3.64. The maximum Gasteiger partial charge on any atom is 0.105 e. The van der Waals surface area contributed by atoms with Crippen LogP contribution in [-0.4, -0.2) is 6.54 Å². The highest BCUT2D eigenvalue weighted by Crippen LogP contribution is 2.35. The van der Waals surface area contributed by atoms with Crippen molar-refractivity contribution in [2.75, 3.05) is 6.54 Å². The molecule has 1 atom stereocenters. The van der Waals surface area contributed by atoms with Crippen LogP contribution in [0, 0.1) is 6.92 Å². The lowest BCUT2D eigenvalue weighted by atomic mass is 9.95. The second-order valence-electron chi connectivity index (χ2n) is 6.27. The number of aryl methyl sites for hydroxylation is 1. The highest BCUT2D eigenvalue weighted by Gasteiger charge is 2.22. The first-order chi connectivity index (χ1) is 9.43. The molecule has 2 heterocycles. The van der Waals surface area contributed by atoms with E-state index in [4.69, 9.17) is 4.42 Å². The van der Waals surface area contributed by atoms with Crippen LogP contribution in [0.2, 0.25) is 0 Å². The van der Waals surface area contributed by atoms with Crippen molar-refractivity contribution < 1.29 is 4.42 Å². The number of hydrogen-bond donors (Lipinski definition) is 1. The molecule has 0 aliphatic rings. The van der Waals surface area contributed by atoms with E-state index in [1.807, 2.05) is 18.3 Å². The van der Waals surface area contributed by atoms with Gasteiger partial charge in [-0.25, -0.2) is 0 Å². The summed E-state index contributed by atoms with van der Waals surface area (Å²) < 4.78 is 5.49. The number of nitrogens with one attached hydrogen (secondary N) is 1. The van der Waals surface area contributed by atoms with Crippen molar-refractivity contribution in [1.29, 1.82) is 0 Å². The molecule has 0 saturated heterocycles. The molecule has 20 heavy (non-hydrogen) atoms. The molecule has 110 valence electrons. The molecule has 1 N–H and O–H groups in total. The van der Waals surface area contributed by atoms with Crippen molar-refractivity contribution in [3.8, 4) is 0 Å². The van der Waals surface area contributed by atoms with E-state index in [1.54, 1.807) is 6.26 Å². The Bertz CT molecular complexity index is 547. The minimum Gasteiger partial charge on any atom is -0.469 e. The van der Waals surface area contributed by atoms with Gasteiger partial charge in [-0.15, -0.1) is 11.3 Å². The highest BCUT2D eigenvalue weighted by molar-refractivity contribution is 7.12. The summed E-state index contributed by atoms with van der Waals surface area (Å²) in [4.78, 5) is 2.80. The quantitative estimate of drug-likeness (QED) is 0.835. The van der Waals surface area contributed by atoms with Gasteiger partial charge < -0.3 is 9.73 Å². The molecular weight excluding hydrogens is 266 g/mol. The van der Waals surface area contributed by atoms with E-state index in [1.165, 1.54) is 15.3 Å². The third-order valence-corrected chi connectivity index (χ3v) is 5.03. The van der Waals surface area contributed by atoms with E-state index < -0.39 is 0 Å². The fourth-order valence-electron chi connectivity index (χ4n) is 2.26. The van der Waals surface area contributed by atoms with Crippen LogP contribution < -0.4 is 5.32 Å². The van der Waals surface area contributed by atoms with Crippen LogP contribution in [-0.2, 0) is 5.41 Å². The summed E-state index contributed by atoms with van der Waals surface area (Å²) in [6.45, 7) is 12.0. The maximum atomic E-state index is 5.49. The SMILES string of the molecule is CCCNC(c1ccc(C(C)(C)C)s1)c1ccoc1C. The van der Waals surface area contributed by atoms with Gasteiger partial charge in [0.05, 0.1) is 12.3 Å². The van der Waals surface area contributed by atoms with Crippen LogP contribution in [0.3, 0.4) is 0 Å². The van der Waals surface area contributed by atoms with E-state index in [2.05, 4.69) is 51.2 Å². The Kier molecular flexibility index (Phi) is 4.71. The summed E-state index contributed by atoms with van der Waals surface area (Å²) in [6.07, 6.45) is 2.91. The lowest BCUT2D eigenvalue weighted by molar-refractivity contribution is 0.518. The van der Waals surface area contributed by atoms with E-state index in [-0.39, 0.29) is 11.5 Å². The Morgan fingerprint density at radius 3 is 2.50 bits per heavy atom. The van der Waals surface area contributed by atoms with Gasteiger partial charge in [-0.05, 0) is 43.5 Å². The fraction of sp³-hybridized carbons (Fsp3) is 0.529. The number of hydrogen-bond acceptors (Lipinski definition) is 3. The lowest BCUT2D eigenvalue weighted by Crippen LogP contribution is -2.22. The van der Waals surface area contributed by atoms with Gasteiger partial charge in [-0.3, -0.25) is 0 Å². The van der Waals surface area contributed by atoms with Crippen molar-refractivity contribution in [1.82, 2.24) is 5.32 Å². The van der Waals surface area contributed by atoms with Crippen molar-refractivity contribution in [3.63, 3.8) is 0 Å². The first-order valence-electron chi connectivity index (χ1n) is 7.31. The zero-order valence-corrected chi connectivity index (χ0v) is 13.9. The average molecular weight is 291 g/mol. The van der Waals surface area contributed by atoms with E-state index in [9.17, 15) is 0 Å². The van der Waals surface area contributed by atoms with Crippen LogP contribution >= 0.6 is 11.3 Å². The predicted molar refractivity (Wildman–Crippen MR) is 86.6 cm³/mol. The van der Waals surface area contributed by atoms with Crippen LogP contribution in [0.5, 0.6) is 0 Å². The Balaban J connectivity index is 2.32. The molecule has 0 radical (unpaired) electrons. The zero-order chi connectivity index (χ0) is 14.8. The van der Waals surface area contributed by atoms with Gasteiger partial charge >= 0.3 is 0 Å². The Hall–Kier alpha value is -1.06.